The summed E-state index contributed by atoms with van der Waals surface area (Å²) in [6.07, 6.45) is 3.46. The Labute approximate surface area is 129 Å². The molecule has 1 saturated heterocycles. The molecule has 0 spiro atoms. The van der Waals surface area contributed by atoms with E-state index in [1.54, 1.807) is 22.6 Å². The maximum atomic E-state index is 13.6. The Morgan fingerprint density at radius 3 is 2.80 bits per heavy atom. The number of rotatable bonds is 4. The molecule has 0 radical (unpaired) electrons. The van der Waals surface area contributed by atoms with Gasteiger partial charge in [-0.25, -0.2) is 4.39 Å². The van der Waals surface area contributed by atoms with Crippen LogP contribution in [0.4, 0.5) is 15.8 Å². The molecule has 1 saturated carbocycles. The van der Waals surface area contributed by atoms with Crippen molar-refractivity contribution in [2.24, 2.45) is 0 Å². The number of halogens is 2. The zero-order chi connectivity index (χ0) is 14.3. The van der Waals surface area contributed by atoms with Crippen LogP contribution in [0.15, 0.2) is 12.1 Å². The summed E-state index contributed by atoms with van der Waals surface area (Å²) in [5, 5.41) is 14.2. The van der Waals surface area contributed by atoms with Crippen molar-refractivity contribution >= 4 is 34.0 Å². The first-order valence-corrected chi connectivity index (χ1v) is 7.76. The summed E-state index contributed by atoms with van der Waals surface area (Å²) >= 11 is 1.77. The smallest absolute Gasteiger partial charge is 0.293 e. The molecule has 108 valence electrons. The first kappa shape index (κ1) is 14.0. The number of hydrogen-bond acceptors (Lipinski definition) is 4. The highest BCUT2D eigenvalue weighted by atomic mass is 127. The van der Waals surface area contributed by atoms with Crippen LogP contribution in [0, 0.1) is 19.5 Å². The van der Waals surface area contributed by atoms with Crippen LogP contribution < -0.4 is 5.32 Å². The van der Waals surface area contributed by atoms with Gasteiger partial charge in [-0.3, -0.25) is 15.0 Å². The lowest BCUT2D eigenvalue weighted by Gasteiger charge is -2.17. The monoisotopic (exact) mass is 391 g/mol. The van der Waals surface area contributed by atoms with Gasteiger partial charge < -0.3 is 5.32 Å². The van der Waals surface area contributed by atoms with Gasteiger partial charge in [0, 0.05) is 37.3 Å². The second-order valence-corrected chi connectivity index (χ2v) is 6.56. The minimum Gasteiger partial charge on any atom is -0.375 e. The van der Waals surface area contributed by atoms with Crippen LogP contribution in [0.3, 0.4) is 0 Å². The number of nitrogens with one attached hydrogen (secondary N) is 1. The second-order valence-electron chi connectivity index (χ2n) is 5.40. The summed E-state index contributed by atoms with van der Waals surface area (Å²) in [5.41, 5.74) is 0.233. The van der Waals surface area contributed by atoms with Gasteiger partial charge in [0.05, 0.1) is 8.49 Å². The average Bonchev–Trinajstić information content (AvgIpc) is 3.14. The Hall–Kier alpha value is -0.960. The molecule has 20 heavy (non-hydrogen) atoms. The summed E-state index contributed by atoms with van der Waals surface area (Å²) in [5.74, 6) is -0.421. The Morgan fingerprint density at radius 2 is 2.15 bits per heavy atom. The van der Waals surface area contributed by atoms with Gasteiger partial charge >= 0.3 is 0 Å². The quantitative estimate of drug-likeness (QED) is 0.487. The molecule has 2 fully saturated rings. The number of benzene rings is 1. The highest BCUT2D eigenvalue weighted by Gasteiger charge is 2.34. The van der Waals surface area contributed by atoms with E-state index < -0.39 is 10.7 Å². The van der Waals surface area contributed by atoms with Gasteiger partial charge in [-0.2, -0.15) is 0 Å². The third-order valence-corrected chi connectivity index (χ3v) is 4.70. The van der Waals surface area contributed by atoms with Gasteiger partial charge in [-0.15, -0.1) is 0 Å². The van der Waals surface area contributed by atoms with Crippen LogP contribution >= 0.6 is 22.6 Å². The van der Waals surface area contributed by atoms with E-state index in [2.05, 4.69) is 10.2 Å². The molecule has 1 N–H and O–H groups in total. The van der Waals surface area contributed by atoms with Crippen molar-refractivity contribution in [2.45, 2.75) is 31.3 Å². The molecule has 0 aromatic heterocycles. The lowest BCUT2D eigenvalue weighted by molar-refractivity contribution is -0.384. The summed E-state index contributed by atoms with van der Waals surface area (Å²) < 4.78 is 13.9. The average molecular weight is 391 g/mol. The van der Waals surface area contributed by atoms with Crippen molar-refractivity contribution in [3.8, 4) is 0 Å². The largest absolute Gasteiger partial charge is 0.375 e. The van der Waals surface area contributed by atoms with Crippen molar-refractivity contribution in [1.82, 2.24) is 4.90 Å². The molecule has 5 nitrogen and oxygen atoms in total. The normalized spacial score (nSPS) is 23.0. The number of nitrogens with zero attached hydrogens (tertiary/aromatic N) is 2. The van der Waals surface area contributed by atoms with E-state index in [1.807, 2.05) is 0 Å². The Kier molecular flexibility index (Phi) is 3.80. The van der Waals surface area contributed by atoms with E-state index in [0.29, 0.717) is 6.04 Å². The van der Waals surface area contributed by atoms with Gasteiger partial charge in [-0.05, 0) is 41.9 Å². The molecule has 2 aliphatic rings. The minimum absolute atomic E-state index is 0.0549. The van der Waals surface area contributed by atoms with Crippen LogP contribution in [0.2, 0.25) is 0 Å². The third kappa shape index (κ3) is 2.88. The Morgan fingerprint density at radius 1 is 1.40 bits per heavy atom. The van der Waals surface area contributed by atoms with Gasteiger partial charge in [-0.1, -0.05) is 0 Å². The fourth-order valence-corrected chi connectivity index (χ4v) is 3.15. The Bertz CT molecular complexity index is 551. The summed E-state index contributed by atoms with van der Waals surface area (Å²) in [7, 11) is 0. The van der Waals surface area contributed by atoms with E-state index in [4.69, 9.17) is 0 Å². The number of anilines is 1. The summed E-state index contributed by atoms with van der Waals surface area (Å²) in [6.45, 7) is 1.90. The van der Waals surface area contributed by atoms with E-state index in [9.17, 15) is 14.5 Å². The number of likely N-dealkylation sites (tertiary alicyclic amines) is 1. The van der Waals surface area contributed by atoms with Gasteiger partial charge in [0.1, 0.15) is 11.5 Å². The molecule has 1 aromatic carbocycles. The highest BCUT2D eigenvalue weighted by Crippen LogP contribution is 2.33. The van der Waals surface area contributed by atoms with Crippen molar-refractivity contribution in [2.75, 3.05) is 18.4 Å². The lowest BCUT2D eigenvalue weighted by Crippen LogP contribution is -2.28. The highest BCUT2D eigenvalue weighted by molar-refractivity contribution is 14.1. The van der Waals surface area contributed by atoms with E-state index in [0.717, 1.165) is 19.5 Å². The molecule has 1 aliphatic carbocycles. The van der Waals surface area contributed by atoms with Crippen molar-refractivity contribution in [3.63, 3.8) is 0 Å². The molecule has 0 amide bonds. The first-order chi connectivity index (χ1) is 9.54. The van der Waals surface area contributed by atoms with Gasteiger partial charge in [0.15, 0.2) is 0 Å². The summed E-state index contributed by atoms with van der Waals surface area (Å²) in [4.78, 5) is 13.0. The predicted molar refractivity (Wildman–Crippen MR) is 82.4 cm³/mol. The fourth-order valence-electron chi connectivity index (χ4n) is 2.70. The van der Waals surface area contributed by atoms with E-state index in [-0.39, 0.29) is 21.0 Å². The van der Waals surface area contributed by atoms with Crippen LogP contribution in [-0.4, -0.2) is 35.0 Å². The maximum Gasteiger partial charge on any atom is 0.293 e. The zero-order valence-electron chi connectivity index (χ0n) is 10.8. The standard InChI is InChI=1S/C13H15FIN3O2/c14-10-5-12(13(18(19)20)6-11(10)15)16-8-3-4-17(7-8)9-1-2-9/h5-6,8-9,16H,1-4,7H2. The first-order valence-electron chi connectivity index (χ1n) is 6.68. The predicted octanol–water partition coefficient (Wildman–Crippen LogP) is 2.99. The molecule has 0 bridgehead atoms. The van der Waals surface area contributed by atoms with E-state index >= 15 is 0 Å². The fraction of sp³-hybridized carbons (Fsp3) is 0.538. The molecular formula is C13H15FIN3O2. The van der Waals surface area contributed by atoms with Gasteiger partial charge in [0.25, 0.3) is 5.69 Å². The van der Waals surface area contributed by atoms with Crippen molar-refractivity contribution in [1.29, 1.82) is 0 Å². The molecule has 1 heterocycles. The van der Waals surface area contributed by atoms with Crippen LogP contribution in [0.1, 0.15) is 19.3 Å². The third-order valence-electron chi connectivity index (χ3n) is 3.88. The van der Waals surface area contributed by atoms with Crippen LogP contribution in [-0.2, 0) is 0 Å². The van der Waals surface area contributed by atoms with Crippen LogP contribution in [0.25, 0.3) is 0 Å². The molecular weight excluding hydrogens is 376 g/mol. The molecule has 3 rings (SSSR count). The summed E-state index contributed by atoms with van der Waals surface area (Å²) in [6, 6.07) is 3.38. The lowest BCUT2D eigenvalue weighted by atomic mass is 10.2. The number of nitro groups is 1. The minimum atomic E-state index is -0.461. The topological polar surface area (TPSA) is 58.4 Å². The zero-order valence-corrected chi connectivity index (χ0v) is 13.0. The molecule has 1 unspecified atom stereocenters. The van der Waals surface area contributed by atoms with Gasteiger partial charge in [0.2, 0.25) is 0 Å². The SMILES string of the molecule is O=[N+]([O-])c1cc(I)c(F)cc1NC1CCN(C2CC2)C1. The van der Waals surface area contributed by atoms with Crippen molar-refractivity contribution < 1.29 is 9.31 Å². The second kappa shape index (κ2) is 5.44. The number of hydrogen-bond donors (Lipinski definition) is 1. The molecule has 1 aromatic rings. The number of nitro benzene ring substituents is 1. The molecule has 1 aliphatic heterocycles. The van der Waals surface area contributed by atoms with E-state index in [1.165, 1.54) is 25.0 Å². The van der Waals surface area contributed by atoms with Crippen LogP contribution in [0.5, 0.6) is 0 Å². The molecule has 7 heteroatoms. The Balaban J connectivity index is 1.76. The molecule has 1 atom stereocenters. The maximum absolute atomic E-state index is 13.6. The van der Waals surface area contributed by atoms with Crippen molar-refractivity contribution in [3.05, 3.63) is 31.6 Å².